The van der Waals surface area contributed by atoms with Crippen LogP contribution in [0.1, 0.15) is 28.9 Å². The first kappa shape index (κ1) is 20.9. The van der Waals surface area contributed by atoms with Gasteiger partial charge in [0.25, 0.3) is 5.91 Å². The lowest BCUT2D eigenvalue weighted by Crippen LogP contribution is -2.68. The quantitative estimate of drug-likeness (QED) is 0.757. The van der Waals surface area contributed by atoms with Crippen molar-refractivity contribution in [3.8, 4) is 11.1 Å². The van der Waals surface area contributed by atoms with Crippen LogP contribution in [0.25, 0.3) is 11.1 Å². The Morgan fingerprint density at radius 3 is 2.25 bits per heavy atom. The molecule has 2 amide bonds. The second-order valence-corrected chi connectivity index (χ2v) is 8.99. The number of anilines is 1. The van der Waals surface area contributed by atoms with Crippen molar-refractivity contribution < 1.29 is 14.3 Å². The number of nitrogens with one attached hydrogen (secondary N) is 1. The van der Waals surface area contributed by atoms with Crippen molar-refractivity contribution in [3.05, 3.63) is 53.6 Å². The smallest absolute Gasteiger partial charge is 0.253 e. The van der Waals surface area contributed by atoms with E-state index in [9.17, 15) is 9.59 Å². The first-order chi connectivity index (χ1) is 15.4. The van der Waals surface area contributed by atoms with Crippen LogP contribution in [0.2, 0.25) is 0 Å². The minimum Gasteiger partial charge on any atom is -0.376 e. The number of amides is 2. The molecule has 8 heteroatoms. The van der Waals surface area contributed by atoms with E-state index in [1.54, 1.807) is 9.80 Å². The van der Waals surface area contributed by atoms with Gasteiger partial charge in [0.15, 0.2) is 0 Å². The molecule has 3 aliphatic rings. The number of hydrogen-bond acceptors (Lipinski definition) is 6. The maximum atomic E-state index is 13.0. The Morgan fingerprint density at radius 1 is 1.00 bits per heavy atom. The van der Waals surface area contributed by atoms with Gasteiger partial charge in [0.05, 0.1) is 24.9 Å². The van der Waals surface area contributed by atoms with Crippen LogP contribution in [-0.4, -0.2) is 73.6 Å². The van der Waals surface area contributed by atoms with E-state index in [1.165, 1.54) is 11.3 Å². The summed E-state index contributed by atoms with van der Waals surface area (Å²) in [5.74, 6) is -0.0863. The van der Waals surface area contributed by atoms with E-state index in [4.69, 9.17) is 10.5 Å². The molecular formula is C24H29N5O3. The minimum absolute atomic E-state index is 0.00788. The van der Waals surface area contributed by atoms with Gasteiger partial charge in [-0.15, -0.1) is 0 Å². The number of nitrogens with zero attached hydrogens (tertiary/aromatic N) is 3. The molecule has 32 heavy (non-hydrogen) atoms. The first-order valence-electron chi connectivity index (χ1n) is 11.1. The molecule has 168 valence electrons. The number of hydrazine groups is 1. The Labute approximate surface area is 187 Å². The highest BCUT2D eigenvalue weighted by atomic mass is 16.5. The van der Waals surface area contributed by atoms with Crippen molar-refractivity contribution in [2.45, 2.75) is 18.5 Å². The van der Waals surface area contributed by atoms with E-state index in [0.717, 1.165) is 11.1 Å². The number of nitrogens with two attached hydrogens (primary N) is 1. The normalized spacial score (nSPS) is 21.8. The predicted molar refractivity (Wildman–Crippen MR) is 122 cm³/mol. The van der Waals surface area contributed by atoms with Crippen molar-refractivity contribution in [3.63, 3.8) is 0 Å². The fraction of sp³-hybridized carbons (Fsp3) is 0.417. The molecule has 0 aromatic heterocycles. The van der Waals surface area contributed by atoms with Gasteiger partial charge in [-0.1, -0.05) is 18.2 Å². The van der Waals surface area contributed by atoms with Crippen molar-refractivity contribution in [2.75, 3.05) is 51.4 Å². The highest BCUT2D eigenvalue weighted by molar-refractivity contribution is 5.95. The monoisotopic (exact) mass is 435 g/mol. The summed E-state index contributed by atoms with van der Waals surface area (Å²) in [5.41, 5.74) is 13.9. The molecule has 2 saturated heterocycles. The van der Waals surface area contributed by atoms with Gasteiger partial charge in [-0.2, -0.15) is 0 Å². The molecular weight excluding hydrogens is 406 g/mol. The Kier molecular flexibility index (Phi) is 5.16. The van der Waals surface area contributed by atoms with Gasteiger partial charge in [0.1, 0.15) is 5.54 Å². The summed E-state index contributed by atoms with van der Waals surface area (Å²) in [4.78, 5) is 29.1. The third-order valence-corrected chi connectivity index (χ3v) is 6.71. The van der Waals surface area contributed by atoms with E-state index < -0.39 is 5.54 Å². The molecule has 3 aliphatic heterocycles. The lowest BCUT2D eigenvalue weighted by Gasteiger charge is -2.43. The first-order valence-corrected chi connectivity index (χ1v) is 11.1. The average Bonchev–Trinajstić information content (AvgIpc) is 3.09. The summed E-state index contributed by atoms with van der Waals surface area (Å²) in [6, 6.07) is 14.5. The molecule has 3 N–H and O–H groups in total. The number of carbonyl (C=O) groups is 2. The fourth-order valence-electron chi connectivity index (χ4n) is 4.68. The third-order valence-electron chi connectivity index (χ3n) is 6.71. The van der Waals surface area contributed by atoms with Gasteiger partial charge < -0.3 is 25.3 Å². The van der Waals surface area contributed by atoms with Crippen LogP contribution in [0.5, 0.6) is 0 Å². The molecule has 2 aromatic carbocycles. The van der Waals surface area contributed by atoms with Crippen LogP contribution >= 0.6 is 0 Å². The average molecular weight is 436 g/mol. The highest BCUT2D eigenvalue weighted by Gasteiger charge is 2.45. The maximum absolute atomic E-state index is 13.0. The van der Waals surface area contributed by atoms with E-state index in [0.29, 0.717) is 31.7 Å². The van der Waals surface area contributed by atoms with Crippen LogP contribution in [0.4, 0.5) is 5.69 Å². The lowest BCUT2D eigenvalue weighted by molar-refractivity contribution is -0.155. The second-order valence-electron chi connectivity index (χ2n) is 8.99. The number of fused-ring (bicyclic) bond motifs is 1. The summed E-state index contributed by atoms with van der Waals surface area (Å²) < 4.78 is 5.10. The summed E-state index contributed by atoms with van der Waals surface area (Å²) >= 11 is 0. The van der Waals surface area contributed by atoms with Crippen molar-refractivity contribution in [1.29, 1.82) is 0 Å². The Balaban J connectivity index is 1.24. The standard InChI is InChI=1S/C24H29N5O3/c1-16-20-13-19(7-8-21(20)27(2)26-16)17-3-5-18(6-4-17)22(30)28-9-11-29(12-10-28)23(31)24(25)14-32-15-24/h3-8,13,16,26H,9-12,14-15,25H2,1-2H3. The fourth-order valence-corrected chi connectivity index (χ4v) is 4.68. The van der Waals surface area contributed by atoms with Crippen molar-refractivity contribution in [2.24, 2.45) is 5.73 Å². The van der Waals surface area contributed by atoms with Crippen LogP contribution in [0, 0.1) is 0 Å². The topological polar surface area (TPSA) is 91.1 Å². The predicted octanol–water partition coefficient (Wildman–Crippen LogP) is 1.38. The zero-order valence-corrected chi connectivity index (χ0v) is 18.5. The molecule has 0 bridgehead atoms. The summed E-state index contributed by atoms with van der Waals surface area (Å²) in [5, 5.41) is 2.05. The summed E-state index contributed by atoms with van der Waals surface area (Å²) in [6.07, 6.45) is 0. The van der Waals surface area contributed by atoms with E-state index in [1.807, 2.05) is 36.3 Å². The molecule has 2 aromatic rings. The number of hydrogen-bond donors (Lipinski definition) is 2. The Morgan fingerprint density at radius 2 is 1.62 bits per heavy atom. The van der Waals surface area contributed by atoms with Crippen LogP contribution < -0.4 is 16.2 Å². The van der Waals surface area contributed by atoms with Crippen molar-refractivity contribution in [1.82, 2.24) is 15.2 Å². The number of piperazine rings is 1. The van der Waals surface area contributed by atoms with E-state index in [-0.39, 0.29) is 31.1 Å². The van der Waals surface area contributed by atoms with Crippen molar-refractivity contribution >= 4 is 17.5 Å². The number of ether oxygens (including phenoxy) is 1. The minimum atomic E-state index is -0.886. The number of benzene rings is 2. The van der Waals surface area contributed by atoms with Gasteiger partial charge in [0.2, 0.25) is 5.91 Å². The van der Waals surface area contributed by atoms with Crippen LogP contribution in [-0.2, 0) is 9.53 Å². The van der Waals surface area contributed by atoms with Gasteiger partial charge in [0, 0.05) is 38.8 Å². The zero-order chi connectivity index (χ0) is 22.5. The molecule has 0 aliphatic carbocycles. The SMILES string of the molecule is CC1NN(C)c2ccc(-c3ccc(C(=O)N4CCN(C(=O)C5(N)COC5)CC4)cc3)cc21. The molecule has 1 unspecified atom stereocenters. The highest BCUT2D eigenvalue weighted by Crippen LogP contribution is 2.35. The van der Waals surface area contributed by atoms with Crippen LogP contribution in [0.3, 0.4) is 0 Å². The summed E-state index contributed by atoms with van der Waals surface area (Å²) in [6.45, 7) is 4.70. The molecule has 8 nitrogen and oxygen atoms in total. The molecule has 0 radical (unpaired) electrons. The van der Waals surface area contributed by atoms with Gasteiger partial charge in [-0.25, -0.2) is 5.43 Å². The zero-order valence-electron chi connectivity index (χ0n) is 18.5. The maximum Gasteiger partial charge on any atom is 0.253 e. The molecule has 0 spiro atoms. The molecule has 0 saturated carbocycles. The largest absolute Gasteiger partial charge is 0.376 e. The van der Waals surface area contributed by atoms with Crippen LogP contribution in [0.15, 0.2) is 42.5 Å². The van der Waals surface area contributed by atoms with E-state index in [2.05, 4.69) is 30.5 Å². The van der Waals surface area contributed by atoms with Gasteiger partial charge in [-0.3, -0.25) is 9.59 Å². The van der Waals surface area contributed by atoms with Gasteiger partial charge >= 0.3 is 0 Å². The third kappa shape index (κ3) is 3.54. The van der Waals surface area contributed by atoms with Gasteiger partial charge in [-0.05, 0) is 47.9 Å². The number of rotatable bonds is 3. The lowest BCUT2D eigenvalue weighted by atomic mass is 9.96. The second kappa shape index (κ2) is 7.88. The van der Waals surface area contributed by atoms with E-state index >= 15 is 0 Å². The molecule has 3 heterocycles. The molecule has 5 rings (SSSR count). The Bertz CT molecular complexity index is 1040. The number of carbonyl (C=O) groups excluding carboxylic acids is 2. The Hall–Kier alpha value is -2.94. The molecule has 2 fully saturated rings. The molecule has 1 atom stereocenters. The summed E-state index contributed by atoms with van der Waals surface area (Å²) in [7, 11) is 2.02.